The number of benzene rings is 9. The molecule has 1 aliphatic rings. The molecule has 1 aliphatic carbocycles. The first-order valence-corrected chi connectivity index (χ1v) is 21.6. The first-order valence-electron chi connectivity index (χ1n) is 20.8. The van der Waals surface area contributed by atoms with Crippen LogP contribution < -0.4 is 4.90 Å². The minimum Gasteiger partial charge on any atom is -0.310 e. The Balaban J connectivity index is 0.981. The van der Waals surface area contributed by atoms with Crippen LogP contribution in [-0.4, -0.2) is 4.57 Å². The Morgan fingerprint density at radius 2 is 1.02 bits per heavy atom. The highest BCUT2D eigenvalue weighted by molar-refractivity contribution is 7.26. The molecule has 0 atom stereocenters. The van der Waals surface area contributed by atoms with Gasteiger partial charge in [0.05, 0.1) is 22.4 Å². The molecule has 9 aromatic carbocycles. The van der Waals surface area contributed by atoms with Gasteiger partial charge in [-0.05, 0) is 106 Å². The van der Waals surface area contributed by atoms with Crippen LogP contribution in [0.25, 0.3) is 81.0 Å². The van der Waals surface area contributed by atoms with Gasteiger partial charge in [-0.2, -0.15) is 0 Å². The molecule has 0 spiro atoms. The highest BCUT2D eigenvalue weighted by Gasteiger charge is 2.36. The van der Waals surface area contributed by atoms with Crippen LogP contribution >= 0.6 is 11.3 Å². The topological polar surface area (TPSA) is 8.17 Å². The van der Waals surface area contributed by atoms with Crippen molar-refractivity contribution < 1.29 is 0 Å². The van der Waals surface area contributed by atoms with Crippen LogP contribution in [0.1, 0.15) is 25.0 Å². The number of para-hydroxylation sites is 3. The van der Waals surface area contributed by atoms with Crippen LogP contribution in [-0.2, 0) is 5.41 Å². The van der Waals surface area contributed by atoms with Crippen LogP contribution in [0.3, 0.4) is 0 Å². The van der Waals surface area contributed by atoms with Gasteiger partial charge < -0.3 is 9.47 Å². The molecule has 0 N–H and O–H groups in total. The summed E-state index contributed by atoms with van der Waals surface area (Å²) in [5.41, 5.74) is 17.1. The number of anilines is 3. The summed E-state index contributed by atoms with van der Waals surface area (Å²) in [5, 5.41) is 5.12. The molecule has 0 radical (unpaired) electrons. The maximum atomic E-state index is 2.48. The Morgan fingerprint density at radius 3 is 1.82 bits per heavy atom. The Hall–Kier alpha value is -7.20. The fourth-order valence-electron chi connectivity index (χ4n) is 9.96. The second-order valence-electron chi connectivity index (χ2n) is 16.5. The lowest BCUT2D eigenvalue weighted by Gasteiger charge is -2.29. The van der Waals surface area contributed by atoms with Crippen molar-refractivity contribution in [1.29, 1.82) is 0 Å². The molecule has 60 heavy (non-hydrogen) atoms. The highest BCUT2D eigenvalue weighted by Crippen LogP contribution is 2.52. The molecule has 284 valence electrons. The predicted octanol–water partition coefficient (Wildman–Crippen LogP) is 16.3. The summed E-state index contributed by atoms with van der Waals surface area (Å²) in [4.78, 5) is 2.48. The Morgan fingerprint density at radius 1 is 0.417 bits per heavy atom. The molecule has 2 nitrogen and oxygen atoms in total. The van der Waals surface area contributed by atoms with E-state index in [9.17, 15) is 0 Å². The van der Waals surface area contributed by atoms with Crippen molar-refractivity contribution in [3.63, 3.8) is 0 Å². The first kappa shape index (κ1) is 34.8. The summed E-state index contributed by atoms with van der Waals surface area (Å²) in [7, 11) is 0. The van der Waals surface area contributed by atoms with Crippen molar-refractivity contribution >= 4 is 70.4 Å². The third-order valence-corrected chi connectivity index (χ3v) is 13.9. The molecule has 0 aliphatic heterocycles. The van der Waals surface area contributed by atoms with E-state index >= 15 is 0 Å². The number of rotatable bonds is 6. The monoisotopic (exact) mass is 784 g/mol. The molecule has 0 unspecified atom stereocenters. The zero-order chi connectivity index (χ0) is 40.0. The van der Waals surface area contributed by atoms with Crippen molar-refractivity contribution in [2.24, 2.45) is 0 Å². The summed E-state index contributed by atoms with van der Waals surface area (Å²) in [5.74, 6) is 0. The van der Waals surface area contributed by atoms with Crippen LogP contribution in [0.15, 0.2) is 206 Å². The number of hydrogen-bond acceptors (Lipinski definition) is 2. The van der Waals surface area contributed by atoms with E-state index < -0.39 is 0 Å². The van der Waals surface area contributed by atoms with Gasteiger partial charge in [-0.3, -0.25) is 0 Å². The van der Waals surface area contributed by atoms with Crippen molar-refractivity contribution in [2.45, 2.75) is 19.3 Å². The number of nitrogens with zero attached hydrogens (tertiary/aromatic N) is 2. The molecule has 0 saturated heterocycles. The van der Waals surface area contributed by atoms with E-state index in [2.05, 4.69) is 230 Å². The maximum Gasteiger partial charge on any atom is 0.0554 e. The van der Waals surface area contributed by atoms with E-state index in [1.165, 1.54) is 97.9 Å². The summed E-state index contributed by atoms with van der Waals surface area (Å²) < 4.78 is 5.02. The molecular weight excluding hydrogens is 745 g/mol. The Bertz CT molecular complexity index is 3420. The van der Waals surface area contributed by atoms with Gasteiger partial charge in [0.25, 0.3) is 0 Å². The van der Waals surface area contributed by atoms with E-state index in [1.54, 1.807) is 0 Å². The third kappa shape index (κ3) is 5.26. The molecule has 3 heteroatoms. The van der Waals surface area contributed by atoms with E-state index in [-0.39, 0.29) is 5.41 Å². The molecule has 12 rings (SSSR count). The average molecular weight is 785 g/mol. The fourth-order valence-corrected chi connectivity index (χ4v) is 11.1. The normalized spacial score (nSPS) is 13.0. The average Bonchev–Trinajstić information content (AvgIpc) is 3.93. The second-order valence-corrected chi connectivity index (χ2v) is 17.6. The molecule has 0 bridgehead atoms. The number of hydrogen-bond donors (Lipinski definition) is 0. The summed E-state index contributed by atoms with van der Waals surface area (Å²) in [6, 6.07) is 76.1. The van der Waals surface area contributed by atoms with Gasteiger partial charge in [0.2, 0.25) is 0 Å². The van der Waals surface area contributed by atoms with E-state index in [1.807, 2.05) is 11.3 Å². The van der Waals surface area contributed by atoms with Crippen LogP contribution in [0.4, 0.5) is 17.1 Å². The van der Waals surface area contributed by atoms with Crippen LogP contribution in [0, 0.1) is 0 Å². The molecule has 0 amide bonds. The van der Waals surface area contributed by atoms with Gasteiger partial charge in [0.15, 0.2) is 0 Å². The molecule has 2 aromatic heterocycles. The molecule has 0 saturated carbocycles. The largest absolute Gasteiger partial charge is 0.310 e. The zero-order valence-electron chi connectivity index (χ0n) is 33.4. The van der Waals surface area contributed by atoms with Gasteiger partial charge >= 0.3 is 0 Å². The van der Waals surface area contributed by atoms with Crippen molar-refractivity contribution in [1.82, 2.24) is 4.57 Å². The van der Waals surface area contributed by atoms with E-state index in [0.717, 1.165) is 11.4 Å². The van der Waals surface area contributed by atoms with E-state index in [0.29, 0.717) is 0 Å². The predicted molar refractivity (Wildman–Crippen MR) is 257 cm³/mol. The first-order chi connectivity index (χ1) is 29.5. The SMILES string of the molecule is CC1(C)c2ccccc2-c2ccc(N(c3ccc(-c4cccc(-c5ccccc5-n5c6ccccc6c6ccccc65)c4)cc3)c3cccc4sc5ccccc5c34)cc21. The van der Waals surface area contributed by atoms with Crippen LogP contribution in [0.2, 0.25) is 0 Å². The lowest BCUT2D eigenvalue weighted by Crippen LogP contribution is -2.16. The zero-order valence-corrected chi connectivity index (χ0v) is 34.2. The van der Waals surface area contributed by atoms with Crippen molar-refractivity contribution in [3.05, 3.63) is 217 Å². The molecular formula is C57H40N2S. The fraction of sp³-hybridized carbons (Fsp3) is 0.0526. The second kappa shape index (κ2) is 13.4. The Labute approximate surface area is 353 Å². The van der Waals surface area contributed by atoms with Crippen molar-refractivity contribution in [2.75, 3.05) is 4.90 Å². The minimum atomic E-state index is -0.107. The molecule has 2 heterocycles. The number of thiophene rings is 1. The third-order valence-electron chi connectivity index (χ3n) is 12.8. The smallest absolute Gasteiger partial charge is 0.0554 e. The van der Waals surface area contributed by atoms with Gasteiger partial charge in [0.1, 0.15) is 0 Å². The Kier molecular flexibility index (Phi) is 7.79. The van der Waals surface area contributed by atoms with Gasteiger partial charge in [0, 0.05) is 53.3 Å². The molecule has 11 aromatic rings. The highest BCUT2D eigenvalue weighted by atomic mass is 32.1. The minimum absolute atomic E-state index is 0.107. The van der Waals surface area contributed by atoms with Crippen molar-refractivity contribution in [3.8, 4) is 39.1 Å². The quantitative estimate of drug-likeness (QED) is 0.163. The van der Waals surface area contributed by atoms with Gasteiger partial charge in [-0.1, -0.05) is 153 Å². The maximum absolute atomic E-state index is 2.48. The summed E-state index contributed by atoms with van der Waals surface area (Å²) in [6.45, 7) is 4.73. The number of fused-ring (bicyclic) bond motifs is 9. The summed E-state index contributed by atoms with van der Waals surface area (Å²) in [6.07, 6.45) is 0. The summed E-state index contributed by atoms with van der Waals surface area (Å²) >= 11 is 1.87. The van der Waals surface area contributed by atoms with E-state index in [4.69, 9.17) is 0 Å². The van der Waals surface area contributed by atoms with Gasteiger partial charge in [-0.15, -0.1) is 11.3 Å². The van der Waals surface area contributed by atoms with Gasteiger partial charge in [-0.25, -0.2) is 0 Å². The lowest BCUT2D eigenvalue weighted by molar-refractivity contribution is 0.660. The van der Waals surface area contributed by atoms with Crippen LogP contribution in [0.5, 0.6) is 0 Å². The molecule has 0 fully saturated rings. The lowest BCUT2D eigenvalue weighted by atomic mass is 9.82. The standard InChI is InChI=1S/C57H40N2S/c1-57(2)48-22-8-3-18-43(48)44-34-33-41(36-49(44)57)58(53-26-14-28-55-56(53)47-21-7-12-27-54(47)60-55)40-31-29-37(30-32-40)38-15-13-16-39(35-38)42-17-4-9-23-50(42)59-51-24-10-5-19-45(51)46-20-6-11-25-52(46)59/h3-36H,1-2H3. The number of aromatic nitrogens is 1.